The summed E-state index contributed by atoms with van der Waals surface area (Å²) in [6, 6.07) is 7.40. The lowest BCUT2D eigenvalue weighted by Gasteiger charge is -2.21. The summed E-state index contributed by atoms with van der Waals surface area (Å²) in [5.41, 5.74) is 4.54. The van der Waals surface area contributed by atoms with Gasteiger partial charge in [0.25, 0.3) is 5.91 Å². The highest BCUT2D eigenvalue weighted by molar-refractivity contribution is 7.09. The quantitative estimate of drug-likeness (QED) is 0.597. The summed E-state index contributed by atoms with van der Waals surface area (Å²) in [6.45, 7) is 6.72. The van der Waals surface area contributed by atoms with Crippen LogP contribution in [0.2, 0.25) is 0 Å². The zero-order valence-corrected chi connectivity index (χ0v) is 18.0. The lowest BCUT2D eigenvalue weighted by molar-refractivity contribution is 0.0761. The summed E-state index contributed by atoms with van der Waals surface area (Å²) in [7, 11) is 0. The van der Waals surface area contributed by atoms with Crippen LogP contribution >= 0.6 is 22.7 Å². The zero-order chi connectivity index (χ0) is 20.1. The smallest absolute Gasteiger partial charge is 0.253 e. The van der Waals surface area contributed by atoms with E-state index in [1.807, 2.05) is 41.5 Å². The summed E-state index contributed by atoms with van der Waals surface area (Å²) < 4.78 is 5.73. The van der Waals surface area contributed by atoms with Crippen molar-refractivity contribution >= 4 is 28.6 Å². The summed E-state index contributed by atoms with van der Waals surface area (Å²) in [5, 5.41) is 5.20. The number of rotatable bonds is 6. The third-order valence-corrected chi connectivity index (χ3v) is 6.36. The Morgan fingerprint density at radius 2 is 1.97 bits per heavy atom. The first-order valence-electron chi connectivity index (χ1n) is 9.70. The monoisotopic (exact) mass is 428 g/mol. The first-order valence-corrected chi connectivity index (χ1v) is 11.5. The van der Waals surface area contributed by atoms with Gasteiger partial charge in [-0.05, 0) is 37.6 Å². The largest absolute Gasteiger partial charge is 0.487 e. The van der Waals surface area contributed by atoms with Crippen LogP contribution in [0.25, 0.3) is 0 Å². The Hall–Kier alpha value is -2.29. The standard InChI is InChI=1S/C21H24N4O2S2/c1-16-23-18(14-29-16)11-24-7-2-8-25(10-9-24)21(26)17-3-5-20(6-4-17)27-12-19-13-28-15-22-19/h3-6,13-15H,2,7-12H2,1H3. The number of amides is 1. The molecular weight excluding hydrogens is 404 g/mol. The number of hydrogen-bond donors (Lipinski definition) is 0. The number of ether oxygens (including phenoxy) is 1. The molecule has 0 atom stereocenters. The van der Waals surface area contributed by atoms with E-state index in [1.54, 1.807) is 28.2 Å². The average Bonchev–Trinajstić information content (AvgIpc) is 3.34. The van der Waals surface area contributed by atoms with Gasteiger partial charge in [-0.3, -0.25) is 9.69 Å². The Balaban J connectivity index is 1.30. The Morgan fingerprint density at radius 1 is 1.10 bits per heavy atom. The molecule has 152 valence electrons. The Bertz CT molecular complexity index is 925. The summed E-state index contributed by atoms with van der Waals surface area (Å²) in [5.74, 6) is 0.831. The second kappa shape index (κ2) is 9.47. The van der Waals surface area contributed by atoms with E-state index in [4.69, 9.17) is 4.74 Å². The number of carbonyl (C=O) groups is 1. The van der Waals surface area contributed by atoms with E-state index in [1.165, 1.54) is 0 Å². The van der Waals surface area contributed by atoms with Gasteiger partial charge in [0.1, 0.15) is 12.4 Å². The van der Waals surface area contributed by atoms with E-state index in [2.05, 4.69) is 20.2 Å². The van der Waals surface area contributed by atoms with Crippen LogP contribution in [0.5, 0.6) is 5.75 Å². The maximum atomic E-state index is 12.9. The lowest BCUT2D eigenvalue weighted by atomic mass is 10.2. The van der Waals surface area contributed by atoms with E-state index in [0.29, 0.717) is 12.2 Å². The van der Waals surface area contributed by atoms with Crippen molar-refractivity contribution in [3.8, 4) is 5.75 Å². The van der Waals surface area contributed by atoms with Crippen molar-refractivity contribution in [1.82, 2.24) is 19.8 Å². The van der Waals surface area contributed by atoms with Gasteiger partial charge in [0.15, 0.2) is 0 Å². The molecule has 8 heteroatoms. The van der Waals surface area contributed by atoms with Crippen molar-refractivity contribution in [2.45, 2.75) is 26.5 Å². The van der Waals surface area contributed by atoms with Crippen LogP contribution in [0.1, 0.15) is 33.2 Å². The molecule has 3 aromatic rings. The van der Waals surface area contributed by atoms with Crippen LogP contribution in [0.15, 0.2) is 40.5 Å². The molecular formula is C21H24N4O2S2. The molecule has 0 saturated carbocycles. The van der Waals surface area contributed by atoms with E-state index < -0.39 is 0 Å². The highest BCUT2D eigenvalue weighted by Gasteiger charge is 2.21. The normalized spacial score (nSPS) is 15.3. The number of aryl methyl sites for hydroxylation is 1. The van der Waals surface area contributed by atoms with Gasteiger partial charge in [-0.2, -0.15) is 0 Å². The molecule has 0 radical (unpaired) electrons. The van der Waals surface area contributed by atoms with Gasteiger partial charge < -0.3 is 9.64 Å². The number of carbonyl (C=O) groups excluding carboxylic acids is 1. The van der Waals surface area contributed by atoms with Crippen LogP contribution in [-0.2, 0) is 13.2 Å². The summed E-state index contributed by atoms with van der Waals surface area (Å²) in [4.78, 5) is 26.0. The molecule has 6 nitrogen and oxygen atoms in total. The summed E-state index contributed by atoms with van der Waals surface area (Å²) >= 11 is 3.24. The van der Waals surface area contributed by atoms with Gasteiger partial charge in [-0.15, -0.1) is 22.7 Å². The molecule has 0 unspecified atom stereocenters. The predicted octanol–water partition coefficient (Wildman–Crippen LogP) is 3.84. The Morgan fingerprint density at radius 3 is 2.69 bits per heavy atom. The van der Waals surface area contributed by atoms with Crippen molar-refractivity contribution in [3.05, 3.63) is 62.5 Å². The molecule has 1 aliphatic rings. The Labute approximate surface area is 178 Å². The van der Waals surface area contributed by atoms with Crippen molar-refractivity contribution in [2.75, 3.05) is 26.2 Å². The molecule has 1 aromatic carbocycles. The number of thiazole rings is 2. The fraction of sp³-hybridized carbons (Fsp3) is 0.381. The first-order chi connectivity index (χ1) is 14.2. The Kier molecular flexibility index (Phi) is 6.53. The van der Waals surface area contributed by atoms with Crippen LogP contribution in [0.4, 0.5) is 0 Å². The minimum absolute atomic E-state index is 0.0856. The van der Waals surface area contributed by atoms with E-state index >= 15 is 0 Å². The SMILES string of the molecule is Cc1nc(CN2CCCN(C(=O)c3ccc(OCc4cscn4)cc3)CC2)cs1. The second-order valence-corrected chi connectivity index (χ2v) is 8.85. The van der Waals surface area contributed by atoms with E-state index in [9.17, 15) is 4.79 Å². The minimum atomic E-state index is 0.0856. The third kappa shape index (κ3) is 5.41. The molecule has 0 spiro atoms. The average molecular weight is 429 g/mol. The highest BCUT2D eigenvalue weighted by Crippen LogP contribution is 2.17. The highest BCUT2D eigenvalue weighted by atomic mass is 32.1. The second-order valence-electron chi connectivity index (χ2n) is 7.07. The number of nitrogens with zero attached hydrogens (tertiary/aromatic N) is 4. The molecule has 1 aliphatic heterocycles. The molecule has 0 N–H and O–H groups in total. The lowest BCUT2D eigenvalue weighted by Crippen LogP contribution is -2.35. The molecule has 1 saturated heterocycles. The van der Waals surface area contributed by atoms with Crippen molar-refractivity contribution in [2.24, 2.45) is 0 Å². The van der Waals surface area contributed by atoms with Crippen molar-refractivity contribution < 1.29 is 9.53 Å². The number of aromatic nitrogens is 2. The first kappa shape index (κ1) is 20.0. The van der Waals surface area contributed by atoms with Crippen LogP contribution in [0.3, 0.4) is 0 Å². The molecule has 29 heavy (non-hydrogen) atoms. The van der Waals surface area contributed by atoms with Crippen LogP contribution in [0, 0.1) is 6.92 Å². The number of benzene rings is 1. The van der Waals surface area contributed by atoms with Gasteiger partial charge >= 0.3 is 0 Å². The number of hydrogen-bond acceptors (Lipinski definition) is 7. The van der Waals surface area contributed by atoms with Gasteiger partial charge in [-0.25, -0.2) is 9.97 Å². The maximum absolute atomic E-state index is 12.9. The molecule has 0 aliphatic carbocycles. The van der Waals surface area contributed by atoms with E-state index in [-0.39, 0.29) is 5.91 Å². The van der Waals surface area contributed by atoms with Crippen molar-refractivity contribution in [1.29, 1.82) is 0 Å². The molecule has 0 bridgehead atoms. The molecule has 4 rings (SSSR count). The fourth-order valence-corrected chi connectivity index (χ4v) is 4.53. The topological polar surface area (TPSA) is 58.6 Å². The zero-order valence-electron chi connectivity index (χ0n) is 16.4. The van der Waals surface area contributed by atoms with Gasteiger partial charge in [0.2, 0.25) is 0 Å². The molecule has 1 amide bonds. The minimum Gasteiger partial charge on any atom is -0.487 e. The van der Waals surface area contributed by atoms with Gasteiger partial charge in [0.05, 0.1) is 21.9 Å². The summed E-state index contributed by atoms with van der Waals surface area (Å²) in [6.07, 6.45) is 0.976. The molecule has 2 aromatic heterocycles. The van der Waals surface area contributed by atoms with Crippen LogP contribution < -0.4 is 4.74 Å². The molecule has 1 fully saturated rings. The fourth-order valence-electron chi connectivity index (χ4n) is 3.38. The molecule has 3 heterocycles. The van der Waals surface area contributed by atoms with Crippen LogP contribution in [-0.4, -0.2) is 51.9 Å². The van der Waals surface area contributed by atoms with Gasteiger partial charge in [-0.1, -0.05) is 0 Å². The predicted molar refractivity (Wildman–Crippen MR) is 116 cm³/mol. The maximum Gasteiger partial charge on any atom is 0.253 e. The van der Waals surface area contributed by atoms with E-state index in [0.717, 1.165) is 61.3 Å². The van der Waals surface area contributed by atoms with Crippen molar-refractivity contribution in [3.63, 3.8) is 0 Å². The third-order valence-electron chi connectivity index (χ3n) is 4.90. The van der Waals surface area contributed by atoms with Gasteiger partial charge in [0, 0.05) is 49.0 Å².